The third kappa shape index (κ3) is 4.08. The number of anilines is 1. The molecule has 9 nitrogen and oxygen atoms in total. The van der Waals surface area contributed by atoms with E-state index in [0.29, 0.717) is 30.0 Å². The van der Waals surface area contributed by atoms with Crippen molar-refractivity contribution in [3.05, 3.63) is 23.8 Å². The first-order valence-corrected chi connectivity index (χ1v) is 9.21. The quantitative estimate of drug-likeness (QED) is 0.655. The molecule has 0 bridgehead atoms. The zero-order valence-corrected chi connectivity index (χ0v) is 15.6. The van der Waals surface area contributed by atoms with Crippen LogP contribution in [0.3, 0.4) is 0 Å². The van der Waals surface area contributed by atoms with E-state index in [-0.39, 0.29) is 49.7 Å². The SMILES string of the molecule is COc1ccc(CN2C(=O)C3CCCN3C2=O)cc1NC(=O)CCCC(=O)O. The summed E-state index contributed by atoms with van der Waals surface area (Å²) in [6, 6.07) is 4.44. The van der Waals surface area contributed by atoms with Crippen LogP contribution in [0.5, 0.6) is 5.75 Å². The summed E-state index contributed by atoms with van der Waals surface area (Å²) in [5.74, 6) is -1.02. The molecular weight excluding hydrogens is 366 g/mol. The zero-order valence-electron chi connectivity index (χ0n) is 15.6. The molecular formula is C19H23N3O6. The van der Waals surface area contributed by atoms with Gasteiger partial charge in [0.25, 0.3) is 5.91 Å². The fourth-order valence-electron chi connectivity index (χ4n) is 3.57. The fraction of sp³-hybridized carbons (Fsp3) is 0.474. The van der Waals surface area contributed by atoms with Crippen LogP contribution in [0.2, 0.25) is 0 Å². The summed E-state index contributed by atoms with van der Waals surface area (Å²) in [4.78, 5) is 50.4. The summed E-state index contributed by atoms with van der Waals surface area (Å²) in [5, 5.41) is 11.4. The van der Waals surface area contributed by atoms with Crippen molar-refractivity contribution in [2.45, 2.75) is 44.7 Å². The van der Waals surface area contributed by atoms with Gasteiger partial charge in [0.1, 0.15) is 11.8 Å². The standard InChI is InChI=1S/C19H23N3O6/c1-28-15-8-7-12(10-13(15)20-16(23)5-2-6-17(24)25)11-22-18(26)14-4-3-9-21(14)19(22)27/h7-8,10,14H,2-6,9,11H2,1H3,(H,20,23)(H,24,25). The van der Waals surface area contributed by atoms with Gasteiger partial charge in [0.05, 0.1) is 19.3 Å². The predicted molar refractivity (Wildman–Crippen MR) is 98.8 cm³/mol. The van der Waals surface area contributed by atoms with Crippen molar-refractivity contribution in [3.63, 3.8) is 0 Å². The van der Waals surface area contributed by atoms with Gasteiger partial charge in [-0.05, 0) is 37.0 Å². The average molecular weight is 389 g/mol. The first kappa shape index (κ1) is 19.7. The van der Waals surface area contributed by atoms with E-state index in [1.165, 1.54) is 12.0 Å². The number of hydrogen-bond acceptors (Lipinski definition) is 5. The van der Waals surface area contributed by atoms with Gasteiger partial charge >= 0.3 is 12.0 Å². The summed E-state index contributed by atoms with van der Waals surface area (Å²) in [6.45, 7) is 0.725. The van der Waals surface area contributed by atoms with Gasteiger partial charge in [-0.2, -0.15) is 0 Å². The number of nitrogens with zero attached hydrogens (tertiary/aromatic N) is 2. The smallest absolute Gasteiger partial charge is 0.327 e. The Morgan fingerprint density at radius 2 is 2.07 bits per heavy atom. The summed E-state index contributed by atoms with van der Waals surface area (Å²) < 4.78 is 5.25. The topological polar surface area (TPSA) is 116 Å². The number of rotatable bonds is 8. The Morgan fingerprint density at radius 1 is 1.29 bits per heavy atom. The second kappa shape index (κ2) is 8.28. The number of methoxy groups -OCH3 is 1. The van der Waals surface area contributed by atoms with Crippen molar-refractivity contribution in [2.75, 3.05) is 19.0 Å². The average Bonchev–Trinajstić information content (AvgIpc) is 3.21. The van der Waals surface area contributed by atoms with Gasteiger partial charge in [-0.25, -0.2) is 4.79 Å². The van der Waals surface area contributed by atoms with E-state index in [0.717, 1.165) is 6.42 Å². The molecule has 2 aliphatic rings. The monoisotopic (exact) mass is 389 g/mol. The van der Waals surface area contributed by atoms with E-state index in [1.807, 2.05) is 0 Å². The number of nitrogens with one attached hydrogen (secondary N) is 1. The van der Waals surface area contributed by atoms with Gasteiger partial charge in [0.15, 0.2) is 0 Å². The van der Waals surface area contributed by atoms with Crippen molar-refractivity contribution < 1.29 is 29.0 Å². The van der Waals surface area contributed by atoms with Crippen LogP contribution < -0.4 is 10.1 Å². The largest absolute Gasteiger partial charge is 0.495 e. The van der Waals surface area contributed by atoms with Crippen molar-refractivity contribution in [2.24, 2.45) is 0 Å². The Morgan fingerprint density at radius 3 is 2.75 bits per heavy atom. The maximum Gasteiger partial charge on any atom is 0.327 e. The van der Waals surface area contributed by atoms with E-state index in [4.69, 9.17) is 9.84 Å². The predicted octanol–water partition coefficient (Wildman–Crippen LogP) is 1.82. The second-order valence-corrected chi connectivity index (χ2v) is 6.89. The van der Waals surface area contributed by atoms with Gasteiger partial charge in [-0.1, -0.05) is 6.07 Å². The summed E-state index contributed by atoms with van der Waals surface area (Å²) in [6.07, 6.45) is 1.76. The van der Waals surface area contributed by atoms with Crippen LogP contribution in [0.15, 0.2) is 18.2 Å². The Balaban J connectivity index is 1.69. The number of fused-ring (bicyclic) bond motifs is 1. The molecule has 1 aromatic rings. The Kier molecular flexibility index (Phi) is 5.81. The van der Waals surface area contributed by atoms with Crippen LogP contribution in [0, 0.1) is 0 Å². The van der Waals surface area contributed by atoms with Gasteiger partial charge in [0.2, 0.25) is 5.91 Å². The van der Waals surface area contributed by atoms with Crippen LogP contribution >= 0.6 is 0 Å². The van der Waals surface area contributed by atoms with Crippen molar-refractivity contribution in [1.82, 2.24) is 9.80 Å². The highest BCUT2D eigenvalue weighted by atomic mass is 16.5. The normalized spacial score (nSPS) is 18.4. The lowest BCUT2D eigenvalue weighted by molar-refractivity contribution is -0.137. The minimum absolute atomic E-state index is 0.0689. The molecule has 2 saturated heterocycles. The molecule has 0 aliphatic carbocycles. The minimum atomic E-state index is -0.951. The maximum absolute atomic E-state index is 12.5. The molecule has 2 aliphatic heterocycles. The van der Waals surface area contributed by atoms with Crippen LogP contribution in [0.25, 0.3) is 0 Å². The first-order valence-electron chi connectivity index (χ1n) is 9.21. The van der Waals surface area contributed by atoms with Crippen LogP contribution in [-0.2, 0) is 20.9 Å². The lowest BCUT2D eigenvalue weighted by Crippen LogP contribution is -2.32. The molecule has 150 valence electrons. The number of urea groups is 1. The Hall–Kier alpha value is -3.10. The summed E-state index contributed by atoms with van der Waals surface area (Å²) in [7, 11) is 1.47. The van der Waals surface area contributed by atoms with E-state index in [1.54, 1.807) is 23.1 Å². The zero-order chi connectivity index (χ0) is 20.3. The molecule has 0 spiro atoms. The third-order valence-electron chi connectivity index (χ3n) is 4.95. The molecule has 2 fully saturated rings. The highest BCUT2D eigenvalue weighted by Crippen LogP contribution is 2.30. The second-order valence-electron chi connectivity index (χ2n) is 6.89. The summed E-state index contributed by atoms with van der Waals surface area (Å²) in [5.41, 5.74) is 1.10. The molecule has 1 aromatic carbocycles. The molecule has 0 aromatic heterocycles. The number of carbonyl (C=O) groups excluding carboxylic acids is 3. The molecule has 3 rings (SSSR count). The van der Waals surface area contributed by atoms with E-state index >= 15 is 0 Å². The molecule has 1 unspecified atom stereocenters. The number of carboxylic acid groups (broad SMARTS) is 1. The Bertz CT molecular complexity index is 787. The molecule has 2 N–H and O–H groups in total. The molecule has 4 amide bonds. The number of aliphatic carboxylic acids is 1. The van der Waals surface area contributed by atoms with Crippen molar-refractivity contribution in [3.8, 4) is 5.75 Å². The fourth-order valence-corrected chi connectivity index (χ4v) is 3.57. The van der Waals surface area contributed by atoms with E-state index in [2.05, 4.69) is 5.32 Å². The van der Waals surface area contributed by atoms with Crippen LogP contribution in [-0.4, -0.2) is 58.4 Å². The number of imide groups is 1. The Labute approximate surface area is 162 Å². The number of hydrogen-bond donors (Lipinski definition) is 2. The highest BCUT2D eigenvalue weighted by molar-refractivity contribution is 6.04. The molecule has 9 heteroatoms. The van der Waals surface area contributed by atoms with E-state index < -0.39 is 5.97 Å². The van der Waals surface area contributed by atoms with Crippen molar-refractivity contribution >= 4 is 29.5 Å². The first-order chi connectivity index (χ1) is 13.4. The number of carboxylic acids is 1. The number of ether oxygens (including phenoxy) is 1. The number of amides is 4. The summed E-state index contributed by atoms with van der Waals surface area (Å²) >= 11 is 0. The van der Waals surface area contributed by atoms with Crippen molar-refractivity contribution in [1.29, 1.82) is 0 Å². The van der Waals surface area contributed by atoms with Crippen LogP contribution in [0.4, 0.5) is 10.5 Å². The lowest BCUT2D eigenvalue weighted by Gasteiger charge is -2.17. The van der Waals surface area contributed by atoms with Gasteiger partial charge in [-0.3, -0.25) is 19.3 Å². The maximum atomic E-state index is 12.5. The molecule has 28 heavy (non-hydrogen) atoms. The molecule has 0 radical (unpaired) electrons. The van der Waals surface area contributed by atoms with Gasteiger partial charge in [-0.15, -0.1) is 0 Å². The van der Waals surface area contributed by atoms with Gasteiger partial charge < -0.3 is 20.1 Å². The molecule has 1 atom stereocenters. The van der Waals surface area contributed by atoms with E-state index in [9.17, 15) is 19.2 Å². The third-order valence-corrected chi connectivity index (χ3v) is 4.95. The lowest BCUT2D eigenvalue weighted by atomic mass is 10.1. The van der Waals surface area contributed by atoms with Crippen LogP contribution in [0.1, 0.15) is 37.7 Å². The molecule has 0 saturated carbocycles. The van der Waals surface area contributed by atoms with Gasteiger partial charge in [0, 0.05) is 19.4 Å². The highest BCUT2D eigenvalue weighted by Gasteiger charge is 2.47. The number of benzene rings is 1. The minimum Gasteiger partial charge on any atom is -0.495 e. The number of carbonyl (C=O) groups is 4. The molecule has 2 heterocycles.